The maximum absolute atomic E-state index is 11.6. The summed E-state index contributed by atoms with van der Waals surface area (Å²) in [6.45, 7) is 0.759. The summed E-state index contributed by atoms with van der Waals surface area (Å²) < 4.78 is 5.34. The monoisotopic (exact) mass is 210 g/mol. The second-order valence-corrected chi connectivity index (χ2v) is 4.58. The molecule has 0 N–H and O–H groups in total. The van der Waals surface area contributed by atoms with E-state index in [1.54, 1.807) is 11.3 Å². The second-order valence-electron chi connectivity index (χ2n) is 3.55. The molecule has 1 unspecified atom stereocenters. The molecule has 1 aromatic heterocycles. The van der Waals surface area contributed by atoms with Gasteiger partial charge in [0.25, 0.3) is 0 Å². The van der Waals surface area contributed by atoms with E-state index in [2.05, 4.69) is 6.07 Å². The number of hydrogen-bond donors (Lipinski definition) is 0. The summed E-state index contributed by atoms with van der Waals surface area (Å²) in [6, 6.07) is 4.10. The van der Waals surface area contributed by atoms with Crippen molar-refractivity contribution in [2.75, 3.05) is 6.61 Å². The Labute approximate surface area is 87.9 Å². The molecule has 14 heavy (non-hydrogen) atoms. The molecule has 0 amide bonds. The van der Waals surface area contributed by atoms with Crippen LogP contribution in [0.4, 0.5) is 0 Å². The summed E-state index contributed by atoms with van der Waals surface area (Å²) >= 11 is 1.71. The highest BCUT2D eigenvalue weighted by atomic mass is 32.1. The number of carbonyl (C=O) groups is 1. The van der Waals surface area contributed by atoms with Crippen LogP contribution in [0, 0.1) is 0 Å². The third-order valence-corrected chi connectivity index (χ3v) is 3.42. The van der Waals surface area contributed by atoms with Crippen molar-refractivity contribution in [1.82, 2.24) is 0 Å². The first-order valence-electron chi connectivity index (χ1n) is 5.03. The molecule has 1 fully saturated rings. The van der Waals surface area contributed by atoms with Crippen molar-refractivity contribution >= 4 is 17.1 Å². The Morgan fingerprint density at radius 1 is 1.64 bits per heavy atom. The zero-order chi connectivity index (χ0) is 9.80. The molecule has 76 valence electrons. The van der Waals surface area contributed by atoms with Gasteiger partial charge in [-0.1, -0.05) is 6.07 Å². The lowest BCUT2D eigenvalue weighted by molar-refractivity contribution is -0.127. The molecule has 1 atom stereocenters. The highest BCUT2D eigenvalue weighted by molar-refractivity contribution is 7.09. The Morgan fingerprint density at radius 2 is 2.57 bits per heavy atom. The molecular weight excluding hydrogens is 196 g/mol. The van der Waals surface area contributed by atoms with Gasteiger partial charge in [-0.25, -0.2) is 0 Å². The molecule has 0 saturated carbocycles. The third kappa shape index (κ3) is 2.42. The standard InChI is InChI=1S/C11H14O2S/c12-10(11-4-1-7-13-11)6-5-9-3-2-8-14-9/h2-3,8,11H,1,4-7H2. The Kier molecular flexibility index (Phi) is 3.32. The predicted molar refractivity (Wildman–Crippen MR) is 56.6 cm³/mol. The minimum absolute atomic E-state index is 0.102. The van der Waals surface area contributed by atoms with Gasteiger partial charge in [-0.2, -0.15) is 0 Å². The van der Waals surface area contributed by atoms with Gasteiger partial charge in [-0.3, -0.25) is 4.79 Å². The quantitative estimate of drug-likeness (QED) is 0.763. The van der Waals surface area contributed by atoms with Gasteiger partial charge in [0.2, 0.25) is 0 Å². The van der Waals surface area contributed by atoms with Crippen molar-refractivity contribution in [3.63, 3.8) is 0 Å². The molecule has 1 aromatic rings. The largest absolute Gasteiger partial charge is 0.370 e. The van der Waals surface area contributed by atoms with Crippen LogP contribution in [0.3, 0.4) is 0 Å². The van der Waals surface area contributed by atoms with Gasteiger partial charge in [0.15, 0.2) is 5.78 Å². The number of aryl methyl sites for hydroxylation is 1. The summed E-state index contributed by atoms with van der Waals surface area (Å²) in [5.41, 5.74) is 0. The fourth-order valence-corrected chi connectivity index (χ4v) is 2.40. The predicted octanol–water partition coefficient (Wildman–Crippen LogP) is 2.43. The topological polar surface area (TPSA) is 26.3 Å². The van der Waals surface area contributed by atoms with Crippen molar-refractivity contribution in [3.8, 4) is 0 Å². The normalized spacial score (nSPS) is 21.3. The number of ketones is 1. The molecule has 0 spiro atoms. The molecule has 0 bridgehead atoms. The maximum atomic E-state index is 11.6. The molecule has 1 saturated heterocycles. The van der Waals surface area contributed by atoms with E-state index < -0.39 is 0 Å². The van der Waals surface area contributed by atoms with Gasteiger partial charge in [0, 0.05) is 17.9 Å². The molecular formula is C11H14O2S. The molecule has 1 aliphatic rings. The Morgan fingerprint density at radius 3 is 3.21 bits per heavy atom. The number of hydrogen-bond acceptors (Lipinski definition) is 3. The maximum Gasteiger partial charge on any atom is 0.161 e. The number of carbonyl (C=O) groups excluding carboxylic acids is 1. The van der Waals surface area contributed by atoms with Crippen LogP contribution in [0.25, 0.3) is 0 Å². The van der Waals surface area contributed by atoms with Crippen LogP contribution in [0.2, 0.25) is 0 Å². The first kappa shape index (κ1) is 9.87. The smallest absolute Gasteiger partial charge is 0.161 e. The minimum Gasteiger partial charge on any atom is -0.370 e. The molecule has 0 aliphatic carbocycles. The van der Waals surface area contributed by atoms with Gasteiger partial charge in [-0.05, 0) is 30.7 Å². The van der Waals surface area contributed by atoms with Crippen LogP contribution >= 0.6 is 11.3 Å². The summed E-state index contributed by atoms with van der Waals surface area (Å²) in [6.07, 6.45) is 3.36. The molecule has 3 heteroatoms. The lowest BCUT2D eigenvalue weighted by Gasteiger charge is -2.06. The van der Waals surface area contributed by atoms with E-state index in [1.165, 1.54) is 4.88 Å². The zero-order valence-electron chi connectivity index (χ0n) is 8.07. The lowest BCUT2D eigenvalue weighted by atomic mass is 10.1. The fraction of sp³-hybridized carbons (Fsp3) is 0.545. The van der Waals surface area contributed by atoms with Crippen LogP contribution < -0.4 is 0 Å². The average Bonchev–Trinajstić information content (AvgIpc) is 2.87. The van der Waals surface area contributed by atoms with E-state index in [9.17, 15) is 4.79 Å². The summed E-state index contributed by atoms with van der Waals surface area (Å²) in [4.78, 5) is 12.9. The Hall–Kier alpha value is -0.670. The summed E-state index contributed by atoms with van der Waals surface area (Å²) in [7, 11) is 0. The van der Waals surface area contributed by atoms with E-state index >= 15 is 0 Å². The van der Waals surface area contributed by atoms with Crippen molar-refractivity contribution in [1.29, 1.82) is 0 Å². The number of thiophene rings is 1. The van der Waals surface area contributed by atoms with Crippen LogP contribution in [-0.4, -0.2) is 18.5 Å². The summed E-state index contributed by atoms with van der Waals surface area (Å²) in [5, 5.41) is 2.05. The van der Waals surface area contributed by atoms with Gasteiger partial charge in [0.05, 0.1) is 0 Å². The zero-order valence-corrected chi connectivity index (χ0v) is 8.89. The van der Waals surface area contributed by atoms with Gasteiger partial charge in [-0.15, -0.1) is 11.3 Å². The van der Waals surface area contributed by atoms with E-state index in [0.717, 1.165) is 25.9 Å². The first-order valence-corrected chi connectivity index (χ1v) is 5.91. The van der Waals surface area contributed by atoms with Crippen LogP contribution in [-0.2, 0) is 16.0 Å². The number of Topliss-reactive ketones (excluding diaryl/α,β-unsaturated/α-hetero) is 1. The molecule has 0 aromatic carbocycles. The molecule has 2 rings (SSSR count). The number of ether oxygens (including phenoxy) is 1. The number of rotatable bonds is 4. The van der Waals surface area contributed by atoms with Crippen molar-refractivity contribution in [2.24, 2.45) is 0 Å². The van der Waals surface area contributed by atoms with Crippen molar-refractivity contribution in [3.05, 3.63) is 22.4 Å². The van der Waals surface area contributed by atoms with Gasteiger partial charge >= 0.3 is 0 Å². The highest BCUT2D eigenvalue weighted by Gasteiger charge is 2.22. The molecule has 2 nitrogen and oxygen atoms in total. The van der Waals surface area contributed by atoms with E-state index in [4.69, 9.17) is 4.74 Å². The SMILES string of the molecule is O=C(CCc1cccs1)C1CCCO1. The van der Waals surface area contributed by atoms with Crippen LogP contribution in [0.1, 0.15) is 24.1 Å². The van der Waals surface area contributed by atoms with Crippen molar-refractivity contribution < 1.29 is 9.53 Å². The second kappa shape index (κ2) is 4.71. The lowest BCUT2D eigenvalue weighted by Crippen LogP contribution is -2.19. The van der Waals surface area contributed by atoms with Gasteiger partial charge in [0.1, 0.15) is 6.10 Å². The summed E-state index contributed by atoms with van der Waals surface area (Å²) in [5.74, 6) is 0.274. The van der Waals surface area contributed by atoms with Crippen LogP contribution in [0.5, 0.6) is 0 Å². The Bertz CT molecular complexity index is 286. The van der Waals surface area contributed by atoms with E-state index in [0.29, 0.717) is 6.42 Å². The fourth-order valence-electron chi connectivity index (χ4n) is 1.69. The Balaban J connectivity index is 1.77. The van der Waals surface area contributed by atoms with E-state index in [-0.39, 0.29) is 11.9 Å². The molecule has 0 radical (unpaired) electrons. The van der Waals surface area contributed by atoms with Crippen molar-refractivity contribution in [2.45, 2.75) is 31.8 Å². The average molecular weight is 210 g/mol. The molecule has 2 heterocycles. The van der Waals surface area contributed by atoms with E-state index in [1.807, 2.05) is 11.4 Å². The highest BCUT2D eigenvalue weighted by Crippen LogP contribution is 2.17. The molecule has 1 aliphatic heterocycles. The van der Waals surface area contributed by atoms with Crippen LogP contribution in [0.15, 0.2) is 17.5 Å². The first-order chi connectivity index (χ1) is 6.86. The van der Waals surface area contributed by atoms with Gasteiger partial charge < -0.3 is 4.74 Å². The third-order valence-electron chi connectivity index (χ3n) is 2.49. The minimum atomic E-state index is -0.102.